The number of hydrogen-bond acceptors (Lipinski definition) is 4. The van der Waals surface area contributed by atoms with Gasteiger partial charge in [0.1, 0.15) is 5.82 Å². The standard InChI is InChI=1S/C19H24N4/c1-15-13-18(21-19(20-15)16-7-3-2-4-8-16)23-12-6-11-22-10-5-9-17(22)14-23/h2-4,7-8,13,17H,5-6,9-12,14H2,1H3/t17-/m0/s1. The van der Waals surface area contributed by atoms with Crippen molar-refractivity contribution < 1.29 is 0 Å². The second-order valence-corrected chi connectivity index (χ2v) is 6.69. The summed E-state index contributed by atoms with van der Waals surface area (Å²) in [5, 5.41) is 0. The number of nitrogens with zero attached hydrogens (tertiary/aromatic N) is 4. The summed E-state index contributed by atoms with van der Waals surface area (Å²) >= 11 is 0. The number of fused-ring (bicyclic) bond motifs is 1. The van der Waals surface area contributed by atoms with Crippen LogP contribution in [0.4, 0.5) is 5.82 Å². The molecule has 2 fully saturated rings. The number of rotatable bonds is 2. The van der Waals surface area contributed by atoms with Crippen LogP contribution in [0.3, 0.4) is 0 Å². The molecule has 0 aliphatic carbocycles. The topological polar surface area (TPSA) is 32.3 Å². The van der Waals surface area contributed by atoms with Crippen LogP contribution in [-0.4, -0.2) is 47.1 Å². The average Bonchev–Trinajstić information content (AvgIpc) is 2.92. The van der Waals surface area contributed by atoms with E-state index in [4.69, 9.17) is 4.98 Å². The lowest BCUT2D eigenvalue weighted by atomic mass is 10.2. The lowest BCUT2D eigenvalue weighted by Crippen LogP contribution is -2.37. The monoisotopic (exact) mass is 308 g/mol. The molecule has 0 bridgehead atoms. The fourth-order valence-electron chi connectivity index (χ4n) is 3.84. The molecule has 3 heterocycles. The molecule has 4 nitrogen and oxygen atoms in total. The van der Waals surface area contributed by atoms with E-state index in [1.807, 2.05) is 18.2 Å². The summed E-state index contributed by atoms with van der Waals surface area (Å²) in [7, 11) is 0. The molecule has 1 aromatic heterocycles. The Balaban J connectivity index is 1.64. The van der Waals surface area contributed by atoms with Gasteiger partial charge < -0.3 is 4.90 Å². The highest BCUT2D eigenvalue weighted by Crippen LogP contribution is 2.26. The minimum atomic E-state index is 0.702. The van der Waals surface area contributed by atoms with Crippen molar-refractivity contribution in [1.29, 1.82) is 0 Å². The SMILES string of the molecule is Cc1cc(N2CCCN3CCC[C@H]3C2)nc(-c2ccccc2)n1. The second kappa shape index (κ2) is 6.28. The number of hydrogen-bond donors (Lipinski definition) is 0. The first-order valence-corrected chi connectivity index (χ1v) is 8.70. The Hall–Kier alpha value is -1.94. The number of aromatic nitrogens is 2. The predicted molar refractivity (Wildman–Crippen MR) is 93.6 cm³/mol. The highest BCUT2D eigenvalue weighted by Gasteiger charge is 2.29. The van der Waals surface area contributed by atoms with E-state index < -0.39 is 0 Å². The Morgan fingerprint density at radius 1 is 1.00 bits per heavy atom. The molecule has 2 aliphatic heterocycles. The third kappa shape index (κ3) is 3.08. The lowest BCUT2D eigenvalue weighted by Gasteiger charge is -2.26. The Kier molecular flexibility index (Phi) is 4.00. The lowest BCUT2D eigenvalue weighted by molar-refractivity contribution is 0.273. The van der Waals surface area contributed by atoms with E-state index in [1.54, 1.807) is 0 Å². The Labute approximate surface area is 138 Å². The molecule has 0 spiro atoms. The van der Waals surface area contributed by atoms with E-state index in [-0.39, 0.29) is 0 Å². The molecule has 1 atom stereocenters. The maximum Gasteiger partial charge on any atom is 0.161 e. The fraction of sp³-hybridized carbons (Fsp3) is 0.474. The maximum absolute atomic E-state index is 4.88. The summed E-state index contributed by atoms with van der Waals surface area (Å²) in [5.41, 5.74) is 2.14. The van der Waals surface area contributed by atoms with Crippen LogP contribution in [0.5, 0.6) is 0 Å². The maximum atomic E-state index is 4.88. The second-order valence-electron chi connectivity index (χ2n) is 6.69. The summed E-state index contributed by atoms with van der Waals surface area (Å²) in [6.07, 6.45) is 3.89. The first-order valence-electron chi connectivity index (χ1n) is 8.70. The van der Waals surface area contributed by atoms with Gasteiger partial charge in [0, 0.05) is 43.0 Å². The predicted octanol–water partition coefficient (Wildman–Crippen LogP) is 3.13. The molecule has 120 valence electrons. The molecule has 2 saturated heterocycles. The van der Waals surface area contributed by atoms with Gasteiger partial charge in [-0.2, -0.15) is 0 Å². The van der Waals surface area contributed by atoms with Gasteiger partial charge in [0.15, 0.2) is 5.82 Å². The van der Waals surface area contributed by atoms with E-state index >= 15 is 0 Å². The summed E-state index contributed by atoms with van der Waals surface area (Å²) in [6.45, 7) is 6.77. The van der Waals surface area contributed by atoms with E-state index in [0.717, 1.165) is 36.0 Å². The van der Waals surface area contributed by atoms with Gasteiger partial charge in [-0.3, -0.25) is 4.90 Å². The van der Waals surface area contributed by atoms with Gasteiger partial charge in [0.05, 0.1) is 0 Å². The van der Waals surface area contributed by atoms with Crippen LogP contribution in [0.2, 0.25) is 0 Å². The van der Waals surface area contributed by atoms with E-state index in [2.05, 4.69) is 39.9 Å². The third-order valence-corrected chi connectivity index (χ3v) is 5.00. The van der Waals surface area contributed by atoms with Crippen LogP contribution in [0.25, 0.3) is 11.4 Å². The molecule has 0 amide bonds. The Morgan fingerprint density at radius 2 is 1.83 bits per heavy atom. The summed E-state index contributed by atoms with van der Waals surface area (Å²) < 4.78 is 0. The van der Waals surface area contributed by atoms with E-state index in [9.17, 15) is 0 Å². The zero-order valence-electron chi connectivity index (χ0n) is 13.8. The van der Waals surface area contributed by atoms with E-state index in [0.29, 0.717) is 6.04 Å². The summed E-state index contributed by atoms with van der Waals surface area (Å²) in [5.74, 6) is 1.93. The molecule has 0 saturated carbocycles. The van der Waals surface area contributed by atoms with Gasteiger partial charge >= 0.3 is 0 Å². The smallest absolute Gasteiger partial charge is 0.161 e. The molecule has 23 heavy (non-hydrogen) atoms. The summed E-state index contributed by atoms with van der Waals surface area (Å²) in [6, 6.07) is 13.1. The van der Waals surface area contributed by atoms with E-state index in [1.165, 1.54) is 32.4 Å². The van der Waals surface area contributed by atoms with Gasteiger partial charge in [-0.1, -0.05) is 30.3 Å². The van der Waals surface area contributed by atoms with Crippen molar-refractivity contribution in [3.05, 3.63) is 42.1 Å². The molecule has 4 heteroatoms. The molecule has 0 radical (unpaired) electrons. The van der Waals surface area contributed by atoms with Crippen molar-refractivity contribution in [3.63, 3.8) is 0 Å². The zero-order valence-corrected chi connectivity index (χ0v) is 13.8. The van der Waals surface area contributed by atoms with Crippen molar-refractivity contribution in [1.82, 2.24) is 14.9 Å². The van der Waals surface area contributed by atoms with Gasteiger partial charge in [-0.15, -0.1) is 0 Å². The Bertz CT molecular complexity index is 670. The zero-order chi connectivity index (χ0) is 15.6. The van der Waals surface area contributed by atoms with Crippen LogP contribution >= 0.6 is 0 Å². The van der Waals surface area contributed by atoms with Crippen LogP contribution in [0.15, 0.2) is 36.4 Å². The quantitative estimate of drug-likeness (QED) is 0.853. The minimum absolute atomic E-state index is 0.702. The number of aryl methyl sites for hydroxylation is 1. The van der Waals surface area contributed by atoms with Crippen molar-refractivity contribution in [3.8, 4) is 11.4 Å². The van der Waals surface area contributed by atoms with Gasteiger partial charge in [0.2, 0.25) is 0 Å². The third-order valence-electron chi connectivity index (χ3n) is 5.00. The van der Waals surface area contributed by atoms with Crippen molar-refractivity contribution >= 4 is 5.82 Å². The molecule has 2 aromatic rings. The number of benzene rings is 1. The van der Waals surface area contributed by atoms with Crippen LogP contribution < -0.4 is 4.90 Å². The Morgan fingerprint density at radius 3 is 2.70 bits per heavy atom. The largest absolute Gasteiger partial charge is 0.355 e. The molecule has 2 aliphatic rings. The van der Waals surface area contributed by atoms with Crippen molar-refractivity contribution in [2.24, 2.45) is 0 Å². The molecular formula is C19H24N4. The molecule has 0 N–H and O–H groups in total. The molecule has 1 aromatic carbocycles. The molecule has 4 rings (SSSR count). The average molecular weight is 308 g/mol. The van der Waals surface area contributed by atoms with Crippen molar-refractivity contribution in [2.45, 2.75) is 32.2 Å². The number of anilines is 1. The van der Waals surface area contributed by atoms with Gasteiger partial charge in [-0.05, 0) is 32.7 Å². The first-order chi connectivity index (χ1) is 11.3. The molecular weight excluding hydrogens is 284 g/mol. The van der Waals surface area contributed by atoms with Gasteiger partial charge in [0.25, 0.3) is 0 Å². The van der Waals surface area contributed by atoms with Crippen molar-refractivity contribution in [2.75, 3.05) is 31.1 Å². The minimum Gasteiger partial charge on any atom is -0.355 e. The van der Waals surface area contributed by atoms with Crippen LogP contribution in [0, 0.1) is 6.92 Å². The molecule has 0 unspecified atom stereocenters. The fourth-order valence-corrected chi connectivity index (χ4v) is 3.84. The normalized spacial score (nSPS) is 22.0. The first kappa shape index (κ1) is 14.6. The highest BCUT2D eigenvalue weighted by molar-refractivity contribution is 5.58. The summed E-state index contributed by atoms with van der Waals surface area (Å²) in [4.78, 5) is 14.6. The highest BCUT2D eigenvalue weighted by atomic mass is 15.3. The van der Waals surface area contributed by atoms with Gasteiger partial charge in [-0.25, -0.2) is 9.97 Å². The van der Waals surface area contributed by atoms with Crippen LogP contribution in [0.1, 0.15) is 25.0 Å². The van der Waals surface area contributed by atoms with Crippen LogP contribution in [-0.2, 0) is 0 Å².